The Kier molecular flexibility index (Phi) is 8.00. The van der Waals surface area contributed by atoms with E-state index in [-0.39, 0.29) is 17.5 Å². The predicted molar refractivity (Wildman–Crippen MR) is 79.1 cm³/mol. The van der Waals surface area contributed by atoms with Crippen molar-refractivity contribution in [1.82, 2.24) is 0 Å². The van der Waals surface area contributed by atoms with E-state index >= 15 is 0 Å². The van der Waals surface area contributed by atoms with Crippen molar-refractivity contribution in [2.45, 2.75) is 84.5 Å². The predicted octanol–water partition coefficient (Wildman–Crippen LogP) is 4.70. The molecule has 19 heavy (non-hydrogen) atoms. The highest BCUT2D eigenvalue weighted by Gasteiger charge is 2.32. The highest BCUT2D eigenvalue weighted by atomic mass is 16.1. The van der Waals surface area contributed by atoms with Crippen LogP contribution in [0.4, 0.5) is 0 Å². The Morgan fingerprint density at radius 2 is 1.84 bits per heavy atom. The molecule has 2 nitrogen and oxygen atoms in total. The molecule has 1 rings (SSSR count). The third-order valence-corrected chi connectivity index (χ3v) is 4.37. The number of carbonyl (C=O) groups excluding carboxylic acids is 2. The molecule has 110 valence electrons. The lowest BCUT2D eigenvalue weighted by Gasteiger charge is -2.27. The van der Waals surface area contributed by atoms with Gasteiger partial charge in [0.05, 0.1) is 5.92 Å². The third kappa shape index (κ3) is 5.88. The summed E-state index contributed by atoms with van der Waals surface area (Å²) in [6, 6.07) is 0. The van der Waals surface area contributed by atoms with Crippen LogP contribution in [0.15, 0.2) is 0 Å². The number of hydrogen-bond acceptors (Lipinski definition) is 2. The molecule has 1 fully saturated rings. The van der Waals surface area contributed by atoms with E-state index in [0.717, 1.165) is 32.1 Å². The van der Waals surface area contributed by atoms with Gasteiger partial charge in [0.25, 0.3) is 0 Å². The first-order chi connectivity index (χ1) is 9.19. The number of Topliss-reactive ketones (excluding diaryl/α,β-unsaturated/α-hetero) is 2. The van der Waals surface area contributed by atoms with Crippen LogP contribution in [-0.2, 0) is 9.59 Å². The Morgan fingerprint density at radius 3 is 2.53 bits per heavy atom. The van der Waals surface area contributed by atoms with Crippen LogP contribution in [0.2, 0.25) is 0 Å². The Balaban J connectivity index is 2.30. The highest BCUT2D eigenvalue weighted by molar-refractivity contribution is 6.02. The van der Waals surface area contributed by atoms with Crippen molar-refractivity contribution >= 4 is 11.6 Å². The molecule has 1 aliphatic rings. The smallest absolute Gasteiger partial charge is 0.143 e. The van der Waals surface area contributed by atoms with E-state index in [4.69, 9.17) is 0 Å². The summed E-state index contributed by atoms with van der Waals surface area (Å²) in [6.07, 6.45) is 11.3. The minimum Gasteiger partial charge on any atom is -0.299 e. The van der Waals surface area contributed by atoms with Crippen LogP contribution in [-0.4, -0.2) is 11.6 Å². The van der Waals surface area contributed by atoms with Gasteiger partial charge in [0.2, 0.25) is 0 Å². The van der Waals surface area contributed by atoms with Crippen LogP contribution < -0.4 is 0 Å². The average molecular weight is 266 g/mol. The molecule has 0 aliphatic heterocycles. The molecule has 0 amide bonds. The van der Waals surface area contributed by atoms with Gasteiger partial charge in [0.1, 0.15) is 11.6 Å². The summed E-state index contributed by atoms with van der Waals surface area (Å²) in [7, 11) is 0. The molecule has 0 N–H and O–H groups in total. The first-order valence-corrected chi connectivity index (χ1v) is 8.24. The molecule has 2 unspecified atom stereocenters. The zero-order valence-electron chi connectivity index (χ0n) is 12.7. The minimum absolute atomic E-state index is 0.214. The summed E-state index contributed by atoms with van der Waals surface area (Å²) in [5.41, 5.74) is 0. The van der Waals surface area contributed by atoms with E-state index in [0.29, 0.717) is 18.8 Å². The molecule has 1 aliphatic carbocycles. The van der Waals surface area contributed by atoms with Gasteiger partial charge in [-0.2, -0.15) is 0 Å². The summed E-state index contributed by atoms with van der Waals surface area (Å²) in [5.74, 6) is 0.793. The molecular formula is C17H30O2. The largest absolute Gasteiger partial charge is 0.299 e. The number of ketones is 2. The molecule has 0 saturated heterocycles. The molecule has 0 heterocycles. The molecule has 0 spiro atoms. The number of unbranched alkanes of at least 4 members (excludes halogenated alkanes) is 4. The molecule has 0 radical (unpaired) electrons. The fourth-order valence-corrected chi connectivity index (χ4v) is 3.16. The van der Waals surface area contributed by atoms with Gasteiger partial charge in [0, 0.05) is 12.8 Å². The molecular weight excluding hydrogens is 236 g/mol. The topological polar surface area (TPSA) is 34.1 Å². The van der Waals surface area contributed by atoms with Gasteiger partial charge in [-0.1, -0.05) is 52.4 Å². The second kappa shape index (κ2) is 9.28. The third-order valence-electron chi connectivity index (χ3n) is 4.37. The lowest BCUT2D eigenvalue weighted by molar-refractivity contribution is -0.135. The molecule has 2 atom stereocenters. The first-order valence-electron chi connectivity index (χ1n) is 8.24. The molecule has 0 aromatic rings. The molecule has 2 heteroatoms. The zero-order valence-corrected chi connectivity index (χ0v) is 12.7. The van der Waals surface area contributed by atoms with Crippen LogP contribution >= 0.6 is 0 Å². The van der Waals surface area contributed by atoms with Crippen molar-refractivity contribution < 1.29 is 9.59 Å². The fraction of sp³-hybridized carbons (Fsp3) is 0.882. The lowest BCUT2D eigenvalue weighted by atomic mass is 9.76. The maximum Gasteiger partial charge on any atom is 0.143 e. The zero-order chi connectivity index (χ0) is 14.1. The summed E-state index contributed by atoms with van der Waals surface area (Å²) in [6.45, 7) is 4.38. The Hall–Kier alpha value is -0.660. The van der Waals surface area contributed by atoms with Gasteiger partial charge in [-0.25, -0.2) is 0 Å². The fourth-order valence-electron chi connectivity index (χ4n) is 3.16. The average Bonchev–Trinajstić information content (AvgIpc) is 2.41. The Bertz CT molecular complexity index is 283. The molecule has 0 aromatic carbocycles. The number of carbonyl (C=O) groups is 2. The summed E-state index contributed by atoms with van der Waals surface area (Å²) >= 11 is 0. The van der Waals surface area contributed by atoms with Crippen LogP contribution in [0.25, 0.3) is 0 Å². The maximum absolute atomic E-state index is 12.2. The highest BCUT2D eigenvalue weighted by Crippen LogP contribution is 2.31. The van der Waals surface area contributed by atoms with Gasteiger partial charge in [-0.3, -0.25) is 9.59 Å². The first kappa shape index (κ1) is 16.4. The van der Waals surface area contributed by atoms with E-state index < -0.39 is 0 Å². The van der Waals surface area contributed by atoms with Crippen LogP contribution in [0.5, 0.6) is 0 Å². The van der Waals surface area contributed by atoms with Crippen molar-refractivity contribution in [2.75, 3.05) is 0 Å². The second-order valence-corrected chi connectivity index (χ2v) is 6.08. The van der Waals surface area contributed by atoms with Gasteiger partial charge >= 0.3 is 0 Å². The van der Waals surface area contributed by atoms with Crippen molar-refractivity contribution in [3.63, 3.8) is 0 Å². The Morgan fingerprint density at radius 1 is 1.11 bits per heavy atom. The number of hydrogen-bond donors (Lipinski definition) is 0. The lowest BCUT2D eigenvalue weighted by Crippen LogP contribution is -2.31. The van der Waals surface area contributed by atoms with Crippen LogP contribution in [0.1, 0.15) is 84.5 Å². The van der Waals surface area contributed by atoms with Crippen LogP contribution in [0.3, 0.4) is 0 Å². The van der Waals surface area contributed by atoms with E-state index in [9.17, 15) is 9.59 Å². The summed E-state index contributed by atoms with van der Waals surface area (Å²) < 4.78 is 0. The van der Waals surface area contributed by atoms with E-state index in [1.165, 1.54) is 25.7 Å². The monoisotopic (exact) mass is 266 g/mol. The van der Waals surface area contributed by atoms with Gasteiger partial charge in [-0.15, -0.1) is 0 Å². The Labute approximate surface area is 118 Å². The standard InChI is InChI=1S/C17H30O2/c1-3-5-6-7-8-10-16(18)15-13-14(9-4-2)11-12-17(15)19/h14-15H,3-13H2,1-2H3. The maximum atomic E-state index is 12.2. The van der Waals surface area contributed by atoms with E-state index in [1.54, 1.807) is 0 Å². The van der Waals surface area contributed by atoms with Crippen molar-refractivity contribution in [3.8, 4) is 0 Å². The summed E-state index contributed by atoms with van der Waals surface area (Å²) in [4.78, 5) is 24.1. The molecule has 0 aromatic heterocycles. The minimum atomic E-state index is -0.253. The van der Waals surface area contributed by atoms with Gasteiger partial charge in [-0.05, 0) is 25.2 Å². The molecule has 1 saturated carbocycles. The van der Waals surface area contributed by atoms with Crippen molar-refractivity contribution in [2.24, 2.45) is 11.8 Å². The van der Waals surface area contributed by atoms with Crippen molar-refractivity contribution in [1.29, 1.82) is 0 Å². The van der Waals surface area contributed by atoms with Gasteiger partial charge < -0.3 is 0 Å². The summed E-state index contributed by atoms with van der Waals surface area (Å²) in [5, 5.41) is 0. The SMILES string of the molecule is CCCCCCCC(=O)C1CC(CCC)CCC1=O. The normalized spacial score (nSPS) is 23.6. The van der Waals surface area contributed by atoms with E-state index in [1.807, 2.05) is 0 Å². The second-order valence-electron chi connectivity index (χ2n) is 6.08. The van der Waals surface area contributed by atoms with Crippen LogP contribution in [0, 0.1) is 11.8 Å². The number of rotatable bonds is 9. The van der Waals surface area contributed by atoms with Crippen molar-refractivity contribution in [3.05, 3.63) is 0 Å². The quantitative estimate of drug-likeness (QED) is 0.447. The van der Waals surface area contributed by atoms with E-state index in [2.05, 4.69) is 13.8 Å². The molecule has 0 bridgehead atoms. The van der Waals surface area contributed by atoms with Gasteiger partial charge in [0.15, 0.2) is 0 Å².